The Morgan fingerprint density at radius 3 is 2.63 bits per heavy atom. The van der Waals surface area contributed by atoms with E-state index in [0.29, 0.717) is 52.1 Å². The highest BCUT2D eigenvalue weighted by Gasteiger charge is 2.75. The van der Waals surface area contributed by atoms with E-state index < -0.39 is 41.6 Å². The second-order valence-corrected chi connectivity index (χ2v) is 10.6. The van der Waals surface area contributed by atoms with Gasteiger partial charge in [0.15, 0.2) is 0 Å². The number of ether oxygens (including phenoxy) is 2. The average molecular weight is 494 g/mol. The predicted octanol–water partition coefficient (Wildman–Crippen LogP) is 0.199. The van der Waals surface area contributed by atoms with Crippen LogP contribution in [-0.4, -0.2) is 119 Å². The smallest absolute Gasteiger partial charge is 0.310 e. The van der Waals surface area contributed by atoms with Crippen molar-refractivity contribution in [1.82, 2.24) is 14.7 Å². The van der Waals surface area contributed by atoms with Gasteiger partial charge in [-0.1, -0.05) is 19.9 Å². The molecule has 0 aromatic heterocycles. The largest absolute Gasteiger partial charge is 0.481 e. The third kappa shape index (κ3) is 4.61. The second kappa shape index (κ2) is 10.5. The number of aliphatic hydroxyl groups excluding tert-OH is 1. The minimum atomic E-state index is -1.18. The maximum absolute atomic E-state index is 14.2. The van der Waals surface area contributed by atoms with Crippen LogP contribution in [0.15, 0.2) is 12.7 Å². The Hall–Kier alpha value is -2.01. The maximum atomic E-state index is 14.2. The number of fused-ring (bicyclic) bond motifs is 1. The molecule has 2 bridgehead atoms. The van der Waals surface area contributed by atoms with Crippen LogP contribution in [0.25, 0.3) is 0 Å². The predicted molar refractivity (Wildman–Crippen MR) is 126 cm³/mol. The van der Waals surface area contributed by atoms with Gasteiger partial charge in [0.2, 0.25) is 11.8 Å². The summed E-state index contributed by atoms with van der Waals surface area (Å²) >= 11 is 0. The van der Waals surface area contributed by atoms with Crippen molar-refractivity contribution < 1.29 is 34.1 Å². The van der Waals surface area contributed by atoms with Crippen molar-refractivity contribution in [1.29, 1.82) is 0 Å². The Balaban J connectivity index is 1.67. The van der Waals surface area contributed by atoms with Gasteiger partial charge in [0.05, 0.1) is 43.8 Å². The summed E-state index contributed by atoms with van der Waals surface area (Å²) in [6.45, 7) is 11.8. The number of carbonyl (C=O) groups excluding carboxylic acids is 2. The van der Waals surface area contributed by atoms with Crippen molar-refractivity contribution in [3.8, 4) is 0 Å². The number of amides is 2. The highest BCUT2D eigenvalue weighted by molar-refractivity contribution is 5.98. The van der Waals surface area contributed by atoms with Crippen molar-refractivity contribution in [3.05, 3.63) is 12.7 Å². The van der Waals surface area contributed by atoms with Gasteiger partial charge in [-0.2, -0.15) is 0 Å². The maximum Gasteiger partial charge on any atom is 0.310 e. The average Bonchev–Trinajstić information content (AvgIpc) is 3.47. The van der Waals surface area contributed by atoms with E-state index in [1.807, 2.05) is 13.8 Å². The molecule has 0 aromatic rings. The van der Waals surface area contributed by atoms with Gasteiger partial charge in [-0.05, 0) is 25.2 Å². The first-order valence-corrected chi connectivity index (χ1v) is 12.8. The lowest BCUT2D eigenvalue weighted by molar-refractivity contribution is -0.153. The molecule has 0 aromatic carbocycles. The molecule has 2 unspecified atom stereocenters. The first kappa shape index (κ1) is 26.1. The number of carbonyl (C=O) groups is 3. The van der Waals surface area contributed by atoms with Crippen LogP contribution < -0.4 is 0 Å². The third-order valence-corrected chi connectivity index (χ3v) is 8.06. The highest BCUT2D eigenvalue weighted by Crippen LogP contribution is 2.59. The van der Waals surface area contributed by atoms with E-state index in [2.05, 4.69) is 11.5 Å². The van der Waals surface area contributed by atoms with Crippen molar-refractivity contribution in [2.75, 3.05) is 52.5 Å². The molecule has 4 saturated heterocycles. The molecule has 10 nitrogen and oxygen atoms in total. The molecule has 4 aliphatic heterocycles. The van der Waals surface area contributed by atoms with Gasteiger partial charge in [-0.3, -0.25) is 19.3 Å². The van der Waals surface area contributed by atoms with Crippen LogP contribution in [-0.2, 0) is 23.9 Å². The summed E-state index contributed by atoms with van der Waals surface area (Å²) in [5.41, 5.74) is -1.18. The number of carboxylic acids is 1. The number of carboxylic acid groups (broad SMARTS) is 1. The van der Waals surface area contributed by atoms with Crippen LogP contribution in [0.3, 0.4) is 0 Å². The Labute approximate surface area is 206 Å². The van der Waals surface area contributed by atoms with Gasteiger partial charge in [0, 0.05) is 32.7 Å². The van der Waals surface area contributed by atoms with E-state index in [0.717, 1.165) is 13.1 Å². The van der Waals surface area contributed by atoms with Gasteiger partial charge >= 0.3 is 5.97 Å². The third-order valence-electron chi connectivity index (χ3n) is 8.06. The minimum absolute atomic E-state index is 0.173. The Morgan fingerprint density at radius 1 is 1.31 bits per heavy atom. The fraction of sp³-hybridized carbons (Fsp3) is 0.800. The van der Waals surface area contributed by atoms with Gasteiger partial charge < -0.3 is 29.5 Å². The highest BCUT2D eigenvalue weighted by atomic mass is 16.5. The van der Waals surface area contributed by atoms with E-state index in [4.69, 9.17) is 9.47 Å². The molecule has 0 saturated carbocycles. The molecule has 4 rings (SSSR count). The molecule has 6 atom stereocenters. The van der Waals surface area contributed by atoms with E-state index in [9.17, 15) is 24.6 Å². The lowest BCUT2D eigenvalue weighted by Gasteiger charge is -2.40. The van der Waals surface area contributed by atoms with Gasteiger partial charge in [0.1, 0.15) is 11.6 Å². The summed E-state index contributed by atoms with van der Waals surface area (Å²) in [5, 5.41) is 20.2. The van der Waals surface area contributed by atoms with Crippen molar-refractivity contribution >= 4 is 17.8 Å². The van der Waals surface area contributed by atoms with Crippen LogP contribution in [0.1, 0.15) is 33.1 Å². The number of rotatable bonds is 11. The van der Waals surface area contributed by atoms with Gasteiger partial charge in [-0.15, -0.1) is 6.58 Å². The molecule has 4 aliphatic rings. The number of likely N-dealkylation sites (tertiary alicyclic amines) is 1. The van der Waals surface area contributed by atoms with E-state index >= 15 is 0 Å². The quantitative estimate of drug-likeness (QED) is 0.392. The van der Waals surface area contributed by atoms with E-state index in [-0.39, 0.29) is 24.3 Å². The topological polar surface area (TPSA) is 120 Å². The first-order chi connectivity index (χ1) is 16.7. The molecule has 1 spiro atoms. The molecule has 0 radical (unpaired) electrons. The summed E-state index contributed by atoms with van der Waals surface area (Å²) in [4.78, 5) is 45.6. The summed E-state index contributed by atoms with van der Waals surface area (Å²) in [5.74, 6) is -3.43. The number of aliphatic hydroxyl groups is 1. The molecule has 0 aliphatic carbocycles. The molecule has 196 valence electrons. The molecule has 35 heavy (non-hydrogen) atoms. The zero-order chi connectivity index (χ0) is 25.3. The lowest BCUT2D eigenvalue weighted by Crippen LogP contribution is -2.59. The molecular weight excluding hydrogens is 454 g/mol. The molecule has 4 fully saturated rings. The number of nitrogens with zero attached hydrogens (tertiary/aromatic N) is 3. The van der Waals surface area contributed by atoms with Crippen molar-refractivity contribution in [2.45, 2.75) is 56.9 Å². The fourth-order valence-corrected chi connectivity index (χ4v) is 6.57. The Bertz CT molecular complexity index is 830. The SMILES string of the molecule is C=CCN(CCN1CCOCC1)C(=O)C1N([C@@H](CO)CC(C)C)C(=O)[C@@H]2[C@@H](C(=O)O)[C@H]3CCC12O3. The summed E-state index contributed by atoms with van der Waals surface area (Å²) in [6.07, 6.45) is 2.55. The number of hydrogen-bond acceptors (Lipinski definition) is 7. The zero-order valence-electron chi connectivity index (χ0n) is 20.8. The molecular formula is C25H39N3O7. The minimum Gasteiger partial charge on any atom is -0.481 e. The Kier molecular flexibility index (Phi) is 7.85. The van der Waals surface area contributed by atoms with Crippen LogP contribution in [0, 0.1) is 17.8 Å². The monoisotopic (exact) mass is 493 g/mol. The fourth-order valence-electron chi connectivity index (χ4n) is 6.57. The van der Waals surface area contributed by atoms with E-state index in [1.165, 1.54) is 4.90 Å². The number of aliphatic carboxylic acids is 1. The zero-order valence-corrected chi connectivity index (χ0v) is 20.8. The number of hydrogen-bond donors (Lipinski definition) is 2. The Morgan fingerprint density at radius 2 is 2.03 bits per heavy atom. The normalized spacial score (nSPS) is 33.3. The van der Waals surface area contributed by atoms with Crippen LogP contribution >= 0.6 is 0 Å². The molecule has 2 N–H and O–H groups in total. The van der Waals surface area contributed by atoms with Gasteiger partial charge in [-0.25, -0.2) is 0 Å². The summed E-state index contributed by atoms with van der Waals surface area (Å²) < 4.78 is 11.7. The lowest BCUT2D eigenvalue weighted by atomic mass is 9.70. The summed E-state index contributed by atoms with van der Waals surface area (Å²) in [7, 11) is 0. The van der Waals surface area contributed by atoms with Gasteiger partial charge in [0.25, 0.3) is 0 Å². The first-order valence-electron chi connectivity index (χ1n) is 12.8. The van der Waals surface area contributed by atoms with Crippen LogP contribution in [0.4, 0.5) is 0 Å². The molecule has 4 heterocycles. The second-order valence-electron chi connectivity index (χ2n) is 10.6. The van der Waals surface area contributed by atoms with E-state index in [1.54, 1.807) is 11.0 Å². The number of morpholine rings is 1. The summed E-state index contributed by atoms with van der Waals surface area (Å²) in [6, 6.07) is -1.55. The van der Waals surface area contributed by atoms with Crippen molar-refractivity contribution in [3.63, 3.8) is 0 Å². The molecule has 10 heteroatoms. The standard InChI is InChI=1S/C25H39N3O7/c1-4-7-27(9-8-26-10-12-34-13-11-26)23(31)21-25-6-5-18(35-25)19(24(32)33)20(25)22(30)28(21)17(15-29)14-16(2)3/h4,16-21,29H,1,5-15H2,2-3H3,(H,32,33)/t17-,18-,19+,20+,21?,25?/m1/s1. The van der Waals surface area contributed by atoms with Crippen LogP contribution in [0.2, 0.25) is 0 Å². The molecule has 2 amide bonds. The van der Waals surface area contributed by atoms with Crippen LogP contribution in [0.5, 0.6) is 0 Å². The van der Waals surface area contributed by atoms with Crippen molar-refractivity contribution in [2.24, 2.45) is 17.8 Å².